The Morgan fingerprint density at radius 3 is 2.36 bits per heavy atom. The molecule has 0 aliphatic carbocycles. The van der Waals surface area contributed by atoms with Crippen molar-refractivity contribution in [3.05, 3.63) is 66.7 Å². The molecule has 1 N–H and O–H groups in total. The Labute approximate surface area is 129 Å². The monoisotopic (exact) mass is 313 g/mol. The largest absolute Gasteiger partial charge is 0.495 e. The second kappa shape index (κ2) is 5.69. The molecule has 0 bridgehead atoms. The first-order valence-electron chi connectivity index (χ1n) is 6.75. The summed E-state index contributed by atoms with van der Waals surface area (Å²) in [4.78, 5) is 0.116. The van der Waals surface area contributed by atoms with Gasteiger partial charge in [0.25, 0.3) is 10.0 Å². The van der Waals surface area contributed by atoms with Crippen LogP contribution in [-0.2, 0) is 10.0 Å². The highest BCUT2D eigenvalue weighted by Crippen LogP contribution is 2.28. The van der Waals surface area contributed by atoms with Crippen molar-refractivity contribution in [3.63, 3.8) is 0 Å². The summed E-state index contributed by atoms with van der Waals surface area (Å²) in [6.07, 6.45) is 0. The SMILES string of the molecule is COc1ccccc1S(=O)(=O)Nc1cccc2ccccc12. The fourth-order valence-electron chi connectivity index (χ4n) is 2.35. The van der Waals surface area contributed by atoms with Crippen LogP contribution in [-0.4, -0.2) is 15.5 Å². The van der Waals surface area contributed by atoms with E-state index in [1.165, 1.54) is 13.2 Å². The van der Waals surface area contributed by atoms with E-state index in [9.17, 15) is 8.42 Å². The first-order chi connectivity index (χ1) is 10.6. The minimum Gasteiger partial charge on any atom is -0.495 e. The molecule has 0 saturated heterocycles. The van der Waals surface area contributed by atoms with E-state index in [0.29, 0.717) is 11.4 Å². The lowest BCUT2D eigenvalue weighted by molar-refractivity contribution is 0.403. The second-order valence-electron chi connectivity index (χ2n) is 4.78. The molecule has 0 radical (unpaired) electrons. The van der Waals surface area contributed by atoms with Crippen LogP contribution in [0.4, 0.5) is 5.69 Å². The van der Waals surface area contributed by atoms with E-state index in [-0.39, 0.29) is 4.90 Å². The van der Waals surface area contributed by atoms with Gasteiger partial charge < -0.3 is 4.74 Å². The first-order valence-corrected chi connectivity index (χ1v) is 8.24. The van der Waals surface area contributed by atoms with E-state index >= 15 is 0 Å². The second-order valence-corrected chi connectivity index (χ2v) is 6.43. The molecule has 5 heteroatoms. The molecule has 0 aliphatic rings. The molecule has 3 aromatic rings. The topological polar surface area (TPSA) is 55.4 Å². The summed E-state index contributed by atoms with van der Waals surface area (Å²) in [5.41, 5.74) is 0.545. The van der Waals surface area contributed by atoms with Crippen molar-refractivity contribution in [2.24, 2.45) is 0 Å². The van der Waals surface area contributed by atoms with Crippen LogP contribution in [0.1, 0.15) is 0 Å². The Hall–Kier alpha value is -2.53. The zero-order chi connectivity index (χ0) is 15.6. The third-order valence-electron chi connectivity index (χ3n) is 3.39. The summed E-state index contributed by atoms with van der Waals surface area (Å²) in [7, 11) is -2.27. The normalized spacial score (nSPS) is 11.3. The van der Waals surface area contributed by atoms with Crippen LogP contribution in [0.3, 0.4) is 0 Å². The van der Waals surface area contributed by atoms with Gasteiger partial charge in [0, 0.05) is 5.39 Å². The van der Waals surface area contributed by atoms with Crippen LogP contribution in [0.5, 0.6) is 5.75 Å². The fourth-order valence-corrected chi connectivity index (χ4v) is 3.61. The zero-order valence-electron chi connectivity index (χ0n) is 12.0. The van der Waals surface area contributed by atoms with Gasteiger partial charge in [-0.25, -0.2) is 8.42 Å². The van der Waals surface area contributed by atoms with E-state index in [2.05, 4.69) is 4.72 Å². The molecule has 0 atom stereocenters. The predicted molar refractivity (Wildman–Crippen MR) is 87.8 cm³/mol. The van der Waals surface area contributed by atoms with Crippen molar-refractivity contribution in [2.45, 2.75) is 4.90 Å². The predicted octanol–water partition coefficient (Wildman–Crippen LogP) is 3.65. The molecule has 0 amide bonds. The highest BCUT2D eigenvalue weighted by Gasteiger charge is 2.19. The average molecular weight is 313 g/mol. The Morgan fingerprint density at radius 2 is 1.55 bits per heavy atom. The van der Waals surface area contributed by atoms with Crippen LogP contribution in [0, 0.1) is 0 Å². The molecule has 0 fully saturated rings. The third-order valence-corrected chi connectivity index (χ3v) is 4.80. The highest BCUT2D eigenvalue weighted by atomic mass is 32.2. The molecule has 22 heavy (non-hydrogen) atoms. The van der Waals surface area contributed by atoms with Gasteiger partial charge >= 0.3 is 0 Å². The number of rotatable bonds is 4. The Balaban J connectivity index is 2.07. The van der Waals surface area contributed by atoms with E-state index in [4.69, 9.17) is 4.74 Å². The van der Waals surface area contributed by atoms with Crippen LogP contribution in [0.2, 0.25) is 0 Å². The standard InChI is InChI=1S/C17H15NO3S/c1-21-16-11-4-5-12-17(16)22(19,20)18-15-10-6-8-13-7-2-3-9-14(13)15/h2-12,18H,1H3. The molecule has 0 aliphatic heterocycles. The number of hydrogen-bond donors (Lipinski definition) is 1. The fraction of sp³-hybridized carbons (Fsp3) is 0.0588. The maximum atomic E-state index is 12.6. The van der Waals surface area contributed by atoms with Gasteiger partial charge in [0.05, 0.1) is 12.8 Å². The summed E-state index contributed by atoms with van der Waals surface area (Å²) >= 11 is 0. The molecule has 4 nitrogen and oxygen atoms in total. The number of anilines is 1. The summed E-state index contributed by atoms with van der Waals surface area (Å²) in [5.74, 6) is 0.315. The number of sulfonamides is 1. The summed E-state index contributed by atoms with van der Waals surface area (Å²) in [5, 5.41) is 1.83. The van der Waals surface area contributed by atoms with Crippen LogP contribution >= 0.6 is 0 Å². The lowest BCUT2D eigenvalue weighted by Crippen LogP contribution is -2.14. The summed E-state index contributed by atoms with van der Waals surface area (Å²) in [6, 6.07) is 19.7. The Morgan fingerprint density at radius 1 is 0.864 bits per heavy atom. The van der Waals surface area contributed by atoms with E-state index in [1.54, 1.807) is 24.3 Å². The van der Waals surface area contributed by atoms with E-state index in [0.717, 1.165) is 10.8 Å². The summed E-state index contributed by atoms with van der Waals surface area (Å²) in [6.45, 7) is 0. The first kappa shape index (κ1) is 14.4. The molecule has 0 saturated carbocycles. The Kier molecular flexibility index (Phi) is 3.73. The maximum Gasteiger partial charge on any atom is 0.265 e. The average Bonchev–Trinajstić information content (AvgIpc) is 2.55. The van der Waals surface area contributed by atoms with Gasteiger partial charge in [-0.3, -0.25) is 4.72 Å². The minimum atomic E-state index is -3.72. The van der Waals surface area contributed by atoms with Crippen molar-refractivity contribution in [3.8, 4) is 5.75 Å². The van der Waals surface area contributed by atoms with Crippen molar-refractivity contribution in [1.29, 1.82) is 0 Å². The van der Waals surface area contributed by atoms with Gasteiger partial charge in [-0.2, -0.15) is 0 Å². The van der Waals surface area contributed by atoms with Crippen molar-refractivity contribution < 1.29 is 13.2 Å². The summed E-state index contributed by atoms with van der Waals surface area (Å²) < 4.78 is 33.0. The molecular formula is C17H15NO3S. The molecule has 0 aromatic heterocycles. The highest BCUT2D eigenvalue weighted by molar-refractivity contribution is 7.92. The molecule has 0 unspecified atom stereocenters. The number of methoxy groups -OCH3 is 1. The van der Waals surface area contributed by atoms with Gasteiger partial charge in [-0.15, -0.1) is 0 Å². The zero-order valence-corrected chi connectivity index (χ0v) is 12.8. The molecule has 3 aromatic carbocycles. The quantitative estimate of drug-likeness (QED) is 0.800. The van der Waals surface area contributed by atoms with Crippen molar-refractivity contribution in [2.75, 3.05) is 11.8 Å². The van der Waals surface area contributed by atoms with E-state index < -0.39 is 10.0 Å². The van der Waals surface area contributed by atoms with Gasteiger partial charge in [0.15, 0.2) is 0 Å². The van der Waals surface area contributed by atoms with Gasteiger partial charge in [-0.05, 0) is 23.6 Å². The molecule has 0 heterocycles. The number of ether oxygens (including phenoxy) is 1. The van der Waals surface area contributed by atoms with Gasteiger partial charge in [0.2, 0.25) is 0 Å². The van der Waals surface area contributed by atoms with Crippen molar-refractivity contribution >= 4 is 26.5 Å². The molecule has 112 valence electrons. The lowest BCUT2D eigenvalue weighted by atomic mass is 10.1. The van der Waals surface area contributed by atoms with Gasteiger partial charge in [-0.1, -0.05) is 48.5 Å². The maximum absolute atomic E-state index is 12.6. The molecule has 0 spiro atoms. The smallest absolute Gasteiger partial charge is 0.265 e. The number of para-hydroxylation sites is 1. The number of nitrogens with one attached hydrogen (secondary N) is 1. The van der Waals surface area contributed by atoms with Crippen LogP contribution in [0.25, 0.3) is 10.8 Å². The van der Waals surface area contributed by atoms with E-state index in [1.807, 2.05) is 36.4 Å². The molecule has 3 rings (SSSR count). The molecular weight excluding hydrogens is 298 g/mol. The third kappa shape index (κ3) is 2.63. The van der Waals surface area contributed by atoms with Crippen LogP contribution < -0.4 is 9.46 Å². The van der Waals surface area contributed by atoms with Crippen molar-refractivity contribution in [1.82, 2.24) is 0 Å². The number of hydrogen-bond acceptors (Lipinski definition) is 3. The Bertz CT molecular complexity index is 915. The van der Waals surface area contributed by atoms with Gasteiger partial charge in [0.1, 0.15) is 10.6 Å². The number of benzene rings is 3. The number of fused-ring (bicyclic) bond motifs is 1. The lowest BCUT2D eigenvalue weighted by Gasteiger charge is -2.13. The van der Waals surface area contributed by atoms with Crippen LogP contribution in [0.15, 0.2) is 71.6 Å². The minimum absolute atomic E-state index is 0.116.